The summed E-state index contributed by atoms with van der Waals surface area (Å²) >= 11 is 0.800. The Morgan fingerprint density at radius 2 is 2.25 bits per heavy atom. The molecule has 6 nitrogen and oxygen atoms in total. The first kappa shape index (κ1) is 15.4. The lowest BCUT2D eigenvalue weighted by Gasteiger charge is -2.29. The van der Waals surface area contributed by atoms with Crippen LogP contribution in [0, 0.1) is 6.92 Å². The van der Waals surface area contributed by atoms with Crippen molar-refractivity contribution in [1.29, 1.82) is 0 Å². The summed E-state index contributed by atoms with van der Waals surface area (Å²) in [4.78, 5) is 13.1. The number of aromatic carboxylic acids is 1. The van der Waals surface area contributed by atoms with E-state index in [9.17, 15) is 13.2 Å². The molecule has 0 aromatic carbocycles. The Hall–Kier alpha value is -0.960. The molecule has 1 fully saturated rings. The maximum Gasteiger partial charge on any atom is 0.346 e. The number of carboxylic acids is 1. The van der Waals surface area contributed by atoms with Crippen LogP contribution in [0.5, 0.6) is 0 Å². The minimum Gasteiger partial charge on any atom is -0.477 e. The topological polar surface area (TPSA) is 86.7 Å². The van der Waals surface area contributed by atoms with Gasteiger partial charge < -0.3 is 10.0 Å². The lowest BCUT2D eigenvalue weighted by Crippen LogP contribution is -2.46. The molecule has 2 rings (SSSR count). The van der Waals surface area contributed by atoms with Crippen molar-refractivity contribution in [3.05, 3.63) is 16.5 Å². The number of thiophene rings is 1. The zero-order valence-electron chi connectivity index (χ0n) is 11.4. The predicted molar refractivity (Wildman–Crippen MR) is 76.9 cm³/mol. The van der Waals surface area contributed by atoms with Crippen LogP contribution in [0.3, 0.4) is 0 Å². The summed E-state index contributed by atoms with van der Waals surface area (Å²) in [5.41, 5.74) is 0.476. The molecule has 1 aliphatic heterocycles. The molecule has 0 aliphatic carbocycles. The minimum atomic E-state index is -3.64. The van der Waals surface area contributed by atoms with Crippen molar-refractivity contribution in [2.45, 2.75) is 30.0 Å². The quantitative estimate of drug-likeness (QED) is 0.869. The summed E-state index contributed by atoms with van der Waals surface area (Å²) in [5, 5.41) is 8.99. The van der Waals surface area contributed by atoms with Crippen molar-refractivity contribution < 1.29 is 18.3 Å². The molecule has 1 aromatic rings. The van der Waals surface area contributed by atoms with E-state index in [1.54, 1.807) is 6.92 Å². The fourth-order valence-electron chi connectivity index (χ4n) is 2.34. The molecular weight excluding hydrogens is 300 g/mol. The van der Waals surface area contributed by atoms with Crippen LogP contribution in [0.25, 0.3) is 0 Å². The summed E-state index contributed by atoms with van der Waals surface area (Å²) in [6, 6.07) is 1.30. The van der Waals surface area contributed by atoms with Crippen molar-refractivity contribution in [2.75, 3.05) is 20.1 Å². The van der Waals surface area contributed by atoms with Gasteiger partial charge >= 0.3 is 5.97 Å². The Morgan fingerprint density at radius 1 is 1.55 bits per heavy atom. The number of piperidine rings is 1. The number of carboxylic acid groups (broad SMARTS) is 1. The molecule has 1 atom stereocenters. The van der Waals surface area contributed by atoms with Gasteiger partial charge in [0.25, 0.3) is 0 Å². The van der Waals surface area contributed by atoms with E-state index in [2.05, 4.69) is 9.62 Å². The van der Waals surface area contributed by atoms with Crippen LogP contribution in [-0.2, 0) is 10.0 Å². The number of likely N-dealkylation sites (N-methyl/N-ethyl adjacent to an activating group) is 1. The normalized spacial score (nSPS) is 21.0. The highest BCUT2D eigenvalue weighted by molar-refractivity contribution is 7.91. The number of hydrogen-bond donors (Lipinski definition) is 2. The summed E-state index contributed by atoms with van der Waals surface area (Å²) in [6.07, 6.45) is 1.76. The Balaban J connectivity index is 2.18. The van der Waals surface area contributed by atoms with E-state index in [4.69, 9.17) is 5.11 Å². The molecule has 8 heteroatoms. The summed E-state index contributed by atoms with van der Waals surface area (Å²) in [7, 11) is -1.68. The monoisotopic (exact) mass is 318 g/mol. The Bertz CT molecular complexity index is 609. The molecule has 0 radical (unpaired) electrons. The van der Waals surface area contributed by atoms with Gasteiger partial charge in [-0.3, -0.25) is 0 Å². The number of carbonyl (C=O) groups is 1. The average Bonchev–Trinajstić information content (AvgIpc) is 2.71. The first-order valence-corrected chi connectivity index (χ1v) is 8.64. The summed E-state index contributed by atoms with van der Waals surface area (Å²) < 4.78 is 27.3. The van der Waals surface area contributed by atoms with Gasteiger partial charge in [-0.1, -0.05) is 0 Å². The number of nitrogens with zero attached hydrogens (tertiary/aromatic N) is 1. The highest BCUT2D eigenvalue weighted by Crippen LogP contribution is 2.26. The van der Waals surface area contributed by atoms with E-state index in [1.807, 2.05) is 7.05 Å². The third-order valence-electron chi connectivity index (χ3n) is 3.30. The second-order valence-corrected chi connectivity index (χ2v) is 8.10. The first-order chi connectivity index (χ1) is 9.29. The summed E-state index contributed by atoms with van der Waals surface area (Å²) in [5.74, 6) is -1.09. The van der Waals surface area contributed by atoms with E-state index in [0.717, 1.165) is 30.7 Å². The van der Waals surface area contributed by atoms with Crippen LogP contribution >= 0.6 is 11.3 Å². The highest BCUT2D eigenvalue weighted by Gasteiger charge is 2.26. The second kappa shape index (κ2) is 5.80. The Morgan fingerprint density at radius 3 is 2.80 bits per heavy atom. The average molecular weight is 318 g/mol. The molecule has 1 aromatic heterocycles. The van der Waals surface area contributed by atoms with Gasteiger partial charge in [-0.15, -0.1) is 11.3 Å². The lowest BCUT2D eigenvalue weighted by atomic mass is 10.1. The van der Waals surface area contributed by atoms with Crippen LogP contribution in [0.2, 0.25) is 0 Å². The van der Waals surface area contributed by atoms with Crippen LogP contribution in [0.4, 0.5) is 0 Å². The first-order valence-electron chi connectivity index (χ1n) is 6.34. The van der Waals surface area contributed by atoms with Gasteiger partial charge in [-0.2, -0.15) is 0 Å². The van der Waals surface area contributed by atoms with Gasteiger partial charge in [0.05, 0.1) is 0 Å². The largest absolute Gasteiger partial charge is 0.477 e. The maximum atomic E-state index is 12.3. The molecule has 2 N–H and O–H groups in total. The summed E-state index contributed by atoms with van der Waals surface area (Å²) in [6.45, 7) is 3.25. The number of hydrogen-bond acceptors (Lipinski definition) is 5. The maximum absolute atomic E-state index is 12.3. The van der Waals surface area contributed by atoms with Gasteiger partial charge in [0.2, 0.25) is 10.0 Å². The van der Waals surface area contributed by atoms with E-state index in [1.165, 1.54) is 6.07 Å². The van der Waals surface area contributed by atoms with Gasteiger partial charge in [-0.25, -0.2) is 17.9 Å². The highest BCUT2D eigenvalue weighted by atomic mass is 32.2. The number of likely N-dealkylation sites (tertiary alicyclic amines) is 1. The third kappa shape index (κ3) is 3.38. The Labute approximate surface area is 122 Å². The van der Waals surface area contributed by atoms with Crippen molar-refractivity contribution >= 4 is 27.3 Å². The molecule has 20 heavy (non-hydrogen) atoms. The van der Waals surface area contributed by atoms with Crippen molar-refractivity contribution in [2.24, 2.45) is 0 Å². The molecule has 2 heterocycles. The molecular formula is C12H18N2O4S2. The molecule has 1 unspecified atom stereocenters. The number of nitrogens with one attached hydrogen (secondary N) is 1. The van der Waals surface area contributed by atoms with Crippen molar-refractivity contribution in [1.82, 2.24) is 9.62 Å². The smallest absolute Gasteiger partial charge is 0.346 e. The molecule has 0 saturated carbocycles. The number of sulfonamides is 1. The van der Waals surface area contributed by atoms with Crippen LogP contribution in [0.15, 0.2) is 10.3 Å². The van der Waals surface area contributed by atoms with Crippen LogP contribution in [0.1, 0.15) is 28.1 Å². The lowest BCUT2D eigenvalue weighted by molar-refractivity contribution is 0.0701. The molecule has 0 bridgehead atoms. The second-order valence-electron chi connectivity index (χ2n) is 5.11. The number of aryl methyl sites for hydroxylation is 1. The van der Waals surface area contributed by atoms with Gasteiger partial charge in [0.1, 0.15) is 9.09 Å². The van der Waals surface area contributed by atoms with E-state index in [-0.39, 0.29) is 15.1 Å². The van der Waals surface area contributed by atoms with Crippen molar-refractivity contribution in [3.8, 4) is 0 Å². The van der Waals surface area contributed by atoms with Gasteiger partial charge in [-0.05, 0) is 45.0 Å². The van der Waals surface area contributed by atoms with Gasteiger partial charge in [0, 0.05) is 12.6 Å². The molecule has 0 spiro atoms. The Kier molecular flexibility index (Phi) is 4.48. The van der Waals surface area contributed by atoms with Crippen LogP contribution in [-0.4, -0.2) is 50.6 Å². The fraction of sp³-hybridized carbons (Fsp3) is 0.583. The van der Waals surface area contributed by atoms with Crippen molar-refractivity contribution in [3.63, 3.8) is 0 Å². The zero-order valence-corrected chi connectivity index (χ0v) is 13.1. The van der Waals surface area contributed by atoms with Crippen LogP contribution < -0.4 is 4.72 Å². The molecule has 0 amide bonds. The minimum absolute atomic E-state index is 0.0700. The standard InChI is InChI=1S/C12H18N2O4S2/c1-8-6-10(19-11(8)12(15)16)20(17,18)13-9-4-3-5-14(2)7-9/h6,9,13H,3-5,7H2,1-2H3,(H,15,16). The zero-order chi connectivity index (χ0) is 14.9. The molecule has 112 valence electrons. The fourth-order valence-corrected chi connectivity index (χ4v) is 4.99. The van der Waals surface area contributed by atoms with E-state index >= 15 is 0 Å². The SMILES string of the molecule is Cc1cc(S(=O)(=O)NC2CCCN(C)C2)sc1C(=O)O. The molecule has 1 aliphatic rings. The van der Waals surface area contributed by atoms with E-state index in [0.29, 0.717) is 12.1 Å². The number of rotatable bonds is 4. The van der Waals surface area contributed by atoms with Gasteiger partial charge in [0.15, 0.2) is 0 Å². The third-order valence-corrected chi connectivity index (χ3v) is 6.52. The predicted octanol–water partition coefficient (Wildman–Crippen LogP) is 1.13. The molecule has 1 saturated heterocycles. The van der Waals surface area contributed by atoms with E-state index < -0.39 is 16.0 Å².